The highest BCUT2D eigenvalue weighted by molar-refractivity contribution is 8.04. The summed E-state index contributed by atoms with van der Waals surface area (Å²) in [6.07, 6.45) is 0. The van der Waals surface area contributed by atoms with Gasteiger partial charge in [-0.2, -0.15) is 0 Å². The van der Waals surface area contributed by atoms with Crippen LogP contribution >= 0.6 is 35.0 Å². The van der Waals surface area contributed by atoms with Crippen LogP contribution in [0.1, 0.15) is 19.4 Å². The smallest absolute Gasteiger partial charge is 0.268 e. The molecule has 0 spiro atoms. The van der Waals surface area contributed by atoms with Crippen molar-refractivity contribution in [1.29, 1.82) is 0 Å². The first kappa shape index (κ1) is 20.7. The number of hydrogen-bond donors (Lipinski definition) is 0. The summed E-state index contributed by atoms with van der Waals surface area (Å²) in [5, 5.41) is 1.02. The summed E-state index contributed by atoms with van der Waals surface area (Å²) < 4.78 is 5.35. The Kier molecular flexibility index (Phi) is 6.87. The number of imide groups is 1. The van der Waals surface area contributed by atoms with Gasteiger partial charge in [0, 0.05) is 42.0 Å². The molecule has 2 aliphatic heterocycles. The first-order chi connectivity index (χ1) is 12.9. The number of carbonyl (C=O) groups is 2. The Morgan fingerprint density at radius 1 is 1.11 bits per heavy atom. The second-order valence-electron chi connectivity index (χ2n) is 6.71. The highest BCUT2D eigenvalue weighted by atomic mass is 35.5. The van der Waals surface area contributed by atoms with E-state index in [0.717, 1.165) is 13.1 Å². The Labute approximate surface area is 173 Å². The zero-order valence-electron chi connectivity index (χ0n) is 15.3. The van der Waals surface area contributed by atoms with Gasteiger partial charge in [0.05, 0.1) is 28.7 Å². The van der Waals surface area contributed by atoms with Crippen molar-refractivity contribution in [3.8, 4) is 0 Å². The van der Waals surface area contributed by atoms with Crippen molar-refractivity contribution in [3.63, 3.8) is 0 Å². The Morgan fingerprint density at radius 3 is 2.44 bits per heavy atom. The van der Waals surface area contributed by atoms with E-state index in [1.54, 1.807) is 18.2 Å². The first-order valence-corrected chi connectivity index (χ1v) is 10.5. The molecule has 0 aromatic heterocycles. The van der Waals surface area contributed by atoms with Crippen LogP contribution in [0.4, 0.5) is 0 Å². The van der Waals surface area contributed by atoms with E-state index in [2.05, 4.69) is 4.90 Å². The minimum atomic E-state index is -0.291. The molecule has 0 saturated carbocycles. The molecule has 1 aromatic rings. The van der Waals surface area contributed by atoms with Gasteiger partial charge in [-0.25, -0.2) is 0 Å². The molecule has 0 unspecified atom stereocenters. The topological polar surface area (TPSA) is 49.9 Å². The first-order valence-electron chi connectivity index (χ1n) is 8.91. The molecule has 2 heterocycles. The molecule has 0 aliphatic carbocycles. The maximum atomic E-state index is 13.1. The van der Waals surface area contributed by atoms with Crippen molar-refractivity contribution in [2.24, 2.45) is 0 Å². The predicted octanol–water partition coefficient (Wildman–Crippen LogP) is 3.55. The number of morpholine rings is 1. The lowest BCUT2D eigenvalue weighted by molar-refractivity contribution is -0.136. The predicted molar refractivity (Wildman–Crippen MR) is 110 cm³/mol. The van der Waals surface area contributed by atoms with Crippen LogP contribution in [0.15, 0.2) is 23.1 Å². The molecule has 1 fully saturated rings. The lowest BCUT2D eigenvalue weighted by Crippen LogP contribution is -2.43. The molecule has 27 heavy (non-hydrogen) atoms. The lowest BCUT2D eigenvalue weighted by atomic mass is 10.1. The van der Waals surface area contributed by atoms with Crippen molar-refractivity contribution in [1.82, 2.24) is 9.80 Å². The third kappa shape index (κ3) is 4.69. The van der Waals surface area contributed by atoms with Crippen LogP contribution < -0.4 is 0 Å². The van der Waals surface area contributed by atoms with E-state index in [9.17, 15) is 9.59 Å². The Morgan fingerprint density at radius 2 is 1.81 bits per heavy atom. The summed E-state index contributed by atoms with van der Waals surface area (Å²) in [6, 6.07) is 4.98. The number of hydrogen-bond acceptors (Lipinski definition) is 5. The fourth-order valence-corrected chi connectivity index (χ4v) is 4.60. The number of carbonyl (C=O) groups excluding carboxylic acids is 2. The summed E-state index contributed by atoms with van der Waals surface area (Å²) in [4.78, 5) is 30.1. The monoisotopic (exact) mass is 428 g/mol. The van der Waals surface area contributed by atoms with Crippen LogP contribution in [0, 0.1) is 0 Å². The third-order valence-electron chi connectivity index (χ3n) is 4.42. The molecular formula is C19H22Cl2N2O3S. The van der Waals surface area contributed by atoms with Gasteiger partial charge in [-0.1, -0.05) is 43.1 Å². The molecule has 146 valence electrons. The molecule has 1 aromatic carbocycles. The van der Waals surface area contributed by atoms with Gasteiger partial charge in [0.15, 0.2) is 0 Å². The van der Waals surface area contributed by atoms with Crippen LogP contribution in [-0.4, -0.2) is 66.3 Å². The fourth-order valence-electron chi connectivity index (χ4n) is 3.10. The highest BCUT2D eigenvalue weighted by Crippen LogP contribution is 2.40. The van der Waals surface area contributed by atoms with Gasteiger partial charge in [0.25, 0.3) is 11.8 Å². The maximum absolute atomic E-state index is 13.1. The van der Waals surface area contributed by atoms with Gasteiger partial charge in [-0.3, -0.25) is 19.4 Å². The van der Waals surface area contributed by atoms with Gasteiger partial charge < -0.3 is 4.74 Å². The van der Waals surface area contributed by atoms with Crippen molar-refractivity contribution in [2.75, 3.05) is 39.4 Å². The van der Waals surface area contributed by atoms with E-state index in [-0.39, 0.29) is 17.1 Å². The molecular weight excluding hydrogens is 407 g/mol. The average Bonchev–Trinajstić information content (AvgIpc) is 2.84. The van der Waals surface area contributed by atoms with Gasteiger partial charge >= 0.3 is 0 Å². The molecule has 1 saturated heterocycles. The zero-order valence-corrected chi connectivity index (χ0v) is 17.7. The summed E-state index contributed by atoms with van der Waals surface area (Å²) in [5.74, 6) is -0.534. The molecule has 3 rings (SSSR count). The number of halogens is 2. The van der Waals surface area contributed by atoms with Crippen LogP contribution in [0.5, 0.6) is 0 Å². The average molecular weight is 429 g/mol. The summed E-state index contributed by atoms with van der Waals surface area (Å²) in [7, 11) is 0. The zero-order chi connectivity index (χ0) is 19.6. The summed E-state index contributed by atoms with van der Waals surface area (Å²) in [5.41, 5.74) is 0.929. The number of amides is 2. The Hall–Kier alpha value is -1.05. The van der Waals surface area contributed by atoms with Crippen molar-refractivity contribution >= 4 is 52.4 Å². The van der Waals surface area contributed by atoms with Crippen molar-refractivity contribution in [3.05, 3.63) is 38.7 Å². The van der Waals surface area contributed by atoms with Gasteiger partial charge in [0.1, 0.15) is 0 Å². The molecule has 0 radical (unpaired) electrons. The fraction of sp³-hybridized carbons (Fsp3) is 0.474. The molecule has 2 aliphatic rings. The molecule has 0 atom stereocenters. The molecule has 0 N–H and O–H groups in total. The number of benzene rings is 1. The summed E-state index contributed by atoms with van der Waals surface area (Å²) in [6.45, 7) is 7.97. The van der Waals surface area contributed by atoms with E-state index in [1.165, 1.54) is 16.7 Å². The Balaban J connectivity index is 1.86. The molecule has 0 bridgehead atoms. The molecule has 5 nitrogen and oxygen atoms in total. The molecule has 8 heteroatoms. The van der Waals surface area contributed by atoms with E-state index < -0.39 is 0 Å². The normalized spacial score (nSPS) is 18.9. The SMILES string of the molecule is CC(C)SC1=C(c2ccc(Cl)cc2Cl)C(=O)N(CCN2CCOCC2)C1=O. The number of thioether (sulfide) groups is 1. The van der Waals surface area contributed by atoms with Gasteiger partial charge in [-0.05, 0) is 12.1 Å². The summed E-state index contributed by atoms with van der Waals surface area (Å²) >= 11 is 13.7. The van der Waals surface area contributed by atoms with Crippen LogP contribution in [0.25, 0.3) is 5.57 Å². The van der Waals surface area contributed by atoms with Gasteiger partial charge in [0.2, 0.25) is 0 Å². The number of rotatable bonds is 6. The van der Waals surface area contributed by atoms with E-state index in [0.29, 0.717) is 52.4 Å². The number of ether oxygens (including phenoxy) is 1. The standard InChI is InChI=1S/C19H22Cl2N2O3S/c1-12(2)27-17-16(14-4-3-13(20)11-15(14)21)18(24)23(19(17)25)6-5-22-7-9-26-10-8-22/h3-4,11-12H,5-10H2,1-2H3. The third-order valence-corrected chi connectivity index (χ3v) is 6.06. The maximum Gasteiger partial charge on any atom is 0.268 e. The van der Waals surface area contributed by atoms with E-state index in [4.69, 9.17) is 27.9 Å². The van der Waals surface area contributed by atoms with Crippen LogP contribution in [-0.2, 0) is 14.3 Å². The van der Waals surface area contributed by atoms with Crippen molar-refractivity contribution in [2.45, 2.75) is 19.1 Å². The second-order valence-corrected chi connectivity index (χ2v) is 9.14. The van der Waals surface area contributed by atoms with Crippen LogP contribution in [0.2, 0.25) is 10.0 Å². The largest absolute Gasteiger partial charge is 0.379 e. The highest BCUT2D eigenvalue weighted by Gasteiger charge is 2.40. The minimum Gasteiger partial charge on any atom is -0.379 e. The quantitative estimate of drug-likeness (QED) is 0.648. The van der Waals surface area contributed by atoms with Crippen molar-refractivity contribution < 1.29 is 14.3 Å². The second kappa shape index (κ2) is 8.97. The van der Waals surface area contributed by atoms with Crippen LogP contribution in [0.3, 0.4) is 0 Å². The van der Waals surface area contributed by atoms with E-state index >= 15 is 0 Å². The van der Waals surface area contributed by atoms with E-state index in [1.807, 2.05) is 13.8 Å². The Bertz CT molecular complexity index is 776. The number of nitrogens with zero attached hydrogens (tertiary/aromatic N) is 2. The van der Waals surface area contributed by atoms with Gasteiger partial charge in [-0.15, -0.1) is 11.8 Å². The minimum absolute atomic E-state index is 0.164. The lowest BCUT2D eigenvalue weighted by Gasteiger charge is -2.28. The molecule has 2 amide bonds.